The van der Waals surface area contributed by atoms with Crippen molar-refractivity contribution in [3.63, 3.8) is 0 Å². The smallest absolute Gasteiger partial charge is 0.165 e. The number of hydrogen-bond donors (Lipinski definition) is 0. The molecule has 1 aromatic carbocycles. The second-order valence-corrected chi connectivity index (χ2v) is 4.53. The molecule has 0 N–H and O–H groups in total. The highest BCUT2D eigenvalue weighted by atomic mass is 79.9. The zero-order valence-electron chi connectivity index (χ0n) is 7.40. The molecule has 0 amide bonds. The molecule has 14 heavy (non-hydrogen) atoms. The second kappa shape index (κ2) is 5.89. The van der Waals surface area contributed by atoms with E-state index in [1.165, 1.54) is 0 Å². The Balaban J connectivity index is 3.10. The lowest BCUT2D eigenvalue weighted by Gasteiger charge is -2.07. The van der Waals surface area contributed by atoms with Crippen LogP contribution in [0.4, 0.5) is 0 Å². The van der Waals surface area contributed by atoms with Crippen LogP contribution in [0, 0.1) is 0 Å². The summed E-state index contributed by atoms with van der Waals surface area (Å²) in [7, 11) is 0. The molecule has 0 atom stereocenters. The van der Waals surface area contributed by atoms with E-state index in [2.05, 4.69) is 31.9 Å². The minimum atomic E-state index is 0.0851. The molecule has 0 aliphatic rings. The Morgan fingerprint density at radius 1 is 1.36 bits per heavy atom. The lowest BCUT2D eigenvalue weighted by Crippen LogP contribution is -2.04. The molecule has 0 aliphatic heterocycles. The Labute approximate surface area is 105 Å². The molecule has 0 heterocycles. The quantitative estimate of drug-likeness (QED) is 0.593. The monoisotopic (exact) mass is 338 g/mol. The molecule has 1 rings (SSSR count). The van der Waals surface area contributed by atoms with E-state index >= 15 is 0 Å². The fraction of sp³-hybridized carbons (Fsp3) is 0.300. The third kappa shape index (κ3) is 2.81. The van der Waals surface area contributed by atoms with Gasteiger partial charge in [0.2, 0.25) is 0 Å². The van der Waals surface area contributed by atoms with Crippen molar-refractivity contribution in [1.29, 1.82) is 0 Å². The Bertz CT molecular complexity index is 339. The maximum Gasteiger partial charge on any atom is 0.165 e. The molecule has 1 aromatic rings. The van der Waals surface area contributed by atoms with E-state index in [1.54, 1.807) is 6.07 Å². The molecule has 0 unspecified atom stereocenters. The molecule has 0 bridgehead atoms. The Hall–Kier alpha value is 0.140. The summed E-state index contributed by atoms with van der Waals surface area (Å²) >= 11 is 12.6. The van der Waals surface area contributed by atoms with Gasteiger partial charge in [0.1, 0.15) is 0 Å². The average molecular weight is 340 g/mol. The number of Topliss-reactive ketones (excluding diaryl/α,β-unsaturated/α-hetero) is 1. The van der Waals surface area contributed by atoms with E-state index in [0.29, 0.717) is 27.7 Å². The van der Waals surface area contributed by atoms with Crippen LogP contribution >= 0.6 is 43.5 Å². The van der Waals surface area contributed by atoms with Crippen LogP contribution in [0.25, 0.3) is 0 Å². The van der Waals surface area contributed by atoms with Gasteiger partial charge < -0.3 is 0 Å². The molecule has 4 heteroatoms. The van der Waals surface area contributed by atoms with Crippen molar-refractivity contribution in [2.75, 3.05) is 5.33 Å². The lowest BCUT2D eigenvalue weighted by atomic mass is 10.0. The van der Waals surface area contributed by atoms with Crippen LogP contribution in [0.1, 0.15) is 22.3 Å². The number of benzene rings is 1. The Morgan fingerprint density at radius 3 is 2.64 bits per heavy atom. The summed E-state index contributed by atoms with van der Waals surface area (Å²) in [4.78, 5) is 11.7. The lowest BCUT2D eigenvalue weighted by molar-refractivity contribution is 0.0989. The van der Waals surface area contributed by atoms with Gasteiger partial charge in [-0.15, -0.1) is 0 Å². The van der Waals surface area contributed by atoms with Crippen LogP contribution in [0.5, 0.6) is 0 Å². The third-order valence-corrected chi connectivity index (χ3v) is 3.16. The van der Waals surface area contributed by atoms with Crippen LogP contribution in [-0.2, 0) is 5.33 Å². The van der Waals surface area contributed by atoms with Crippen LogP contribution in [0.3, 0.4) is 0 Å². The molecule has 1 nitrogen and oxygen atoms in total. The minimum Gasteiger partial charge on any atom is -0.294 e. The SMILES string of the molecule is O=C(CCBr)c1c(Cl)cccc1CBr. The summed E-state index contributed by atoms with van der Waals surface area (Å²) in [6.07, 6.45) is 0.476. The number of hydrogen-bond acceptors (Lipinski definition) is 1. The van der Waals surface area contributed by atoms with Crippen LogP contribution < -0.4 is 0 Å². The molecule has 0 aliphatic carbocycles. The Kier molecular flexibility index (Phi) is 5.13. The summed E-state index contributed by atoms with van der Waals surface area (Å²) in [5, 5.41) is 1.85. The van der Waals surface area contributed by atoms with Gasteiger partial charge in [0.15, 0.2) is 5.78 Å². The van der Waals surface area contributed by atoms with Gasteiger partial charge in [-0.05, 0) is 11.6 Å². The fourth-order valence-electron chi connectivity index (χ4n) is 1.20. The van der Waals surface area contributed by atoms with Crippen molar-refractivity contribution in [2.45, 2.75) is 11.8 Å². The normalized spacial score (nSPS) is 10.2. The van der Waals surface area contributed by atoms with Crippen LogP contribution in [0.15, 0.2) is 18.2 Å². The summed E-state index contributed by atoms with van der Waals surface area (Å²) in [6.45, 7) is 0. The van der Waals surface area contributed by atoms with Crippen LogP contribution in [-0.4, -0.2) is 11.1 Å². The predicted molar refractivity (Wildman–Crippen MR) is 66.8 cm³/mol. The zero-order chi connectivity index (χ0) is 10.6. The number of alkyl halides is 2. The number of ketones is 1. The molecule has 0 spiro atoms. The summed E-state index contributed by atoms with van der Waals surface area (Å²) in [5.74, 6) is 0.0851. The summed E-state index contributed by atoms with van der Waals surface area (Å²) in [6, 6.07) is 5.50. The topological polar surface area (TPSA) is 17.1 Å². The zero-order valence-corrected chi connectivity index (χ0v) is 11.3. The maximum absolute atomic E-state index is 11.7. The number of halogens is 3. The highest BCUT2D eigenvalue weighted by Crippen LogP contribution is 2.23. The largest absolute Gasteiger partial charge is 0.294 e. The van der Waals surface area contributed by atoms with E-state index in [4.69, 9.17) is 11.6 Å². The van der Waals surface area contributed by atoms with E-state index in [0.717, 1.165) is 5.56 Å². The maximum atomic E-state index is 11.7. The average Bonchev–Trinajstić information content (AvgIpc) is 2.17. The first-order chi connectivity index (χ1) is 6.70. The molecular formula is C10H9Br2ClO. The molecular weight excluding hydrogens is 331 g/mol. The van der Waals surface area contributed by atoms with E-state index in [-0.39, 0.29) is 5.78 Å². The number of carbonyl (C=O) groups excluding carboxylic acids is 1. The van der Waals surface area contributed by atoms with Gasteiger partial charge in [-0.2, -0.15) is 0 Å². The molecule has 0 saturated heterocycles. The number of rotatable bonds is 4. The van der Waals surface area contributed by atoms with Crippen LogP contribution in [0.2, 0.25) is 5.02 Å². The molecule has 0 saturated carbocycles. The van der Waals surface area contributed by atoms with Crippen molar-refractivity contribution in [3.8, 4) is 0 Å². The summed E-state index contributed by atoms with van der Waals surface area (Å²) in [5.41, 5.74) is 1.59. The highest BCUT2D eigenvalue weighted by Gasteiger charge is 2.13. The second-order valence-electron chi connectivity index (χ2n) is 2.77. The Morgan fingerprint density at radius 2 is 2.07 bits per heavy atom. The predicted octanol–water partition coefficient (Wildman–Crippen LogP) is 4.20. The fourth-order valence-corrected chi connectivity index (χ4v) is 2.33. The number of carbonyl (C=O) groups is 1. The van der Waals surface area contributed by atoms with Gasteiger partial charge >= 0.3 is 0 Å². The van der Waals surface area contributed by atoms with Crippen molar-refractivity contribution in [1.82, 2.24) is 0 Å². The van der Waals surface area contributed by atoms with Gasteiger partial charge in [0.05, 0.1) is 5.02 Å². The third-order valence-electron chi connectivity index (χ3n) is 1.84. The van der Waals surface area contributed by atoms with Gasteiger partial charge in [0, 0.05) is 22.6 Å². The van der Waals surface area contributed by atoms with E-state index < -0.39 is 0 Å². The van der Waals surface area contributed by atoms with Crippen molar-refractivity contribution >= 4 is 49.2 Å². The highest BCUT2D eigenvalue weighted by molar-refractivity contribution is 9.09. The standard InChI is InChI=1S/C10H9Br2ClO/c11-5-4-9(14)10-7(6-12)2-1-3-8(10)13/h1-3H,4-6H2. The molecule has 0 aromatic heterocycles. The first-order valence-electron chi connectivity index (χ1n) is 4.13. The minimum absolute atomic E-state index is 0.0851. The van der Waals surface area contributed by atoms with Gasteiger partial charge in [-0.25, -0.2) is 0 Å². The van der Waals surface area contributed by atoms with Gasteiger partial charge in [-0.3, -0.25) is 4.79 Å². The van der Waals surface area contributed by atoms with Crippen molar-refractivity contribution in [2.24, 2.45) is 0 Å². The van der Waals surface area contributed by atoms with E-state index in [9.17, 15) is 4.79 Å². The molecule has 0 fully saturated rings. The van der Waals surface area contributed by atoms with E-state index in [1.807, 2.05) is 12.1 Å². The van der Waals surface area contributed by atoms with Crippen molar-refractivity contribution < 1.29 is 4.79 Å². The van der Waals surface area contributed by atoms with Gasteiger partial charge in [0.25, 0.3) is 0 Å². The first-order valence-corrected chi connectivity index (χ1v) is 6.75. The van der Waals surface area contributed by atoms with Crippen molar-refractivity contribution in [3.05, 3.63) is 34.3 Å². The van der Waals surface area contributed by atoms with Gasteiger partial charge in [-0.1, -0.05) is 55.6 Å². The molecule has 76 valence electrons. The first kappa shape index (κ1) is 12.2. The molecule has 0 radical (unpaired) electrons. The summed E-state index contributed by atoms with van der Waals surface area (Å²) < 4.78 is 0.